The van der Waals surface area contributed by atoms with E-state index in [-0.39, 0.29) is 5.54 Å². The summed E-state index contributed by atoms with van der Waals surface area (Å²) >= 11 is 7.86. The smallest absolute Gasteiger partial charge is 0.0564 e. The highest BCUT2D eigenvalue weighted by Gasteiger charge is 2.38. The van der Waals surface area contributed by atoms with Gasteiger partial charge < -0.3 is 5.73 Å². The summed E-state index contributed by atoms with van der Waals surface area (Å²) in [6, 6.07) is 1.95. The molecule has 0 spiro atoms. The molecule has 0 aromatic carbocycles. The third-order valence-corrected chi connectivity index (χ3v) is 5.13. The van der Waals surface area contributed by atoms with Gasteiger partial charge in [0, 0.05) is 4.88 Å². The molecule has 1 heterocycles. The van der Waals surface area contributed by atoms with E-state index in [2.05, 4.69) is 13.8 Å². The Morgan fingerprint density at radius 2 is 1.87 bits per heavy atom. The molecule has 0 radical (unpaired) electrons. The molecular weight excluding hydrogens is 226 g/mol. The van der Waals surface area contributed by atoms with E-state index in [1.807, 2.05) is 11.4 Å². The van der Waals surface area contributed by atoms with Gasteiger partial charge in [-0.2, -0.15) is 0 Å². The highest BCUT2D eigenvalue weighted by molar-refractivity contribution is 7.10. The van der Waals surface area contributed by atoms with Crippen LogP contribution in [0.1, 0.15) is 44.4 Å². The maximum absolute atomic E-state index is 6.47. The van der Waals surface area contributed by atoms with Crippen molar-refractivity contribution < 1.29 is 0 Å². The van der Waals surface area contributed by atoms with Crippen molar-refractivity contribution >= 4 is 22.9 Å². The van der Waals surface area contributed by atoms with E-state index in [1.54, 1.807) is 11.3 Å². The molecule has 1 aromatic rings. The molecule has 1 aliphatic carbocycles. The minimum Gasteiger partial charge on any atom is -0.321 e. The van der Waals surface area contributed by atoms with Gasteiger partial charge in [0.15, 0.2) is 0 Å². The Morgan fingerprint density at radius 1 is 1.27 bits per heavy atom. The van der Waals surface area contributed by atoms with Crippen LogP contribution in [-0.2, 0) is 5.54 Å². The number of halogens is 1. The molecule has 2 N–H and O–H groups in total. The molecule has 1 saturated carbocycles. The van der Waals surface area contributed by atoms with Crippen molar-refractivity contribution in [1.82, 2.24) is 0 Å². The summed E-state index contributed by atoms with van der Waals surface area (Å²) in [5, 5.41) is 2.88. The third kappa shape index (κ3) is 2.22. The first-order chi connectivity index (χ1) is 6.93. The van der Waals surface area contributed by atoms with Gasteiger partial charge in [-0.25, -0.2) is 0 Å². The molecule has 2 rings (SSSR count). The first-order valence-electron chi connectivity index (χ1n) is 5.45. The van der Waals surface area contributed by atoms with Crippen molar-refractivity contribution in [3.05, 3.63) is 21.3 Å². The zero-order chi connectivity index (χ0) is 11.1. The van der Waals surface area contributed by atoms with Crippen LogP contribution in [0.25, 0.3) is 0 Å². The molecule has 0 saturated heterocycles. The van der Waals surface area contributed by atoms with E-state index >= 15 is 0 Å². The maximum atomic E-state index is 6.47. The van der Waals surface area contributed by atoms with Crippen molar-refractivity contribution in [3.63, 3.8) is 0 Å². The number of thiophene rings is 1. The fourth-order valence-electron chi connectivity index (χ4n) is 2.25. The molecule has 0 amide bonds. The van der Waals surface area contributed by atoms with Gasteiger partial charge in [0.05, 0.1) is 10.6 Å². The Balaban J connectivity index is 2.20. The van der Waals surface area contributed by atoms with Gasteiger partial charge in [-0.1, -0.05) is 25.4 Å². The first-order valence-corrected chi connectivity index (χ1v) is 6.71. The molecule has 0 bridgehead atoms. The number of nitrogens with two attached hydrogens (primary N) is 1. The topological polar surface area (TPSA) is 26.0 Å². The Morgan fingerprint density at radius 3 is 2.33 bits per heavy atom. The fraction of sp³-hybridized carbons (Fsp3) is 0.667. The van der Waals surface area contributed by atoms with Crippen LogP contribution in [0.15, 0.2) is 11.4 Å². The largest absolute Gasteiger partial charge is 0.321 e. The van der Waals surface area contributed by atoms with Crippen LogP contribution in [0.4, 0.5) is 0 Å². The van der Waals surface area contributed by atoms with Gasteiger partial charge in [-0.3, -0.25) is 0 Å². The fourth-order valence-corrected chi connectivity index (χ4v) is 3.67. The second-order valence-electron chi connectivity index (χ2n) is 5.42. The van der Waals surface area contributed by atoms with E-state index in [0.29, 0.717) is 5.41 Å². The predicted octanol–water partition coefficient (Wildman–Crippen LogP) is 4.16. The lowest BCUT2D eigenvalue weighted by molar-refractivity contribution is 0.168. The molecule has 1 fully saturated rings. The molecule has 84 valence electrons. The Hall–Kier alpha value is -0.0500. The second-order valence-corrected chi connectivity index (χ2v) is 6.74. The summed E-state index contributed by atoms with van der Waals surface area (Å²) in [4.78, 5) is 1.18. The molecule has 0 aliphatic heterocycles. The molecule has 0 unspecified atom stereocenters. The summed E-state index contributed by atoms with van der Waals surface area (Å²) in [7, 11) is 0. The minimum absolute atomic E-state index is 0.166. The van der Waals surface area contributed by atoms with Crippen molar-refractivity contribution in [1.29, 1.82) is 0 Å². The zero-order valence-corrected chi connectivity index (χ0v) is 10.9. The average Bonchev–Trinajstić information content (AvgIpc) is 2.58. The Labute approximate surface area is 101 Å². The number of hydrogen-bond acceptors (Lipinski definition) is 2. The number of hydrogen-bond donors (Lipinski definition) is 1. The van der Waals surface area contributed by atoms with Crippen LogP contribution in [0.5, 0.6) is 0 Å². The molecular formula is C12H18ClNS. The minimum atomic E-state index is -0.166. The van der Waals surface area contributed by atoms with E-state index in [9.17, 15) is 0 Å². The number of rotatable bonds is 1. The summed E-state index contributed by atoms with van der Waals surface area (Å²) < 4.78 is 0. The first kappa shape index (κ1) is 11.4. The van der Waals surface area contributed by atoms with Gasteiger partial charge in [-0.15, -0.1) is 11.3 Å². The van der Waals surface area contributed by atoms with Gasteiger partial charge in [0.2, 0.25) is 0 Å². The lowest BCUT2D eigenvalue weighted by Crippen LogP contribution is -2.41. The van der Waals surface area contributed by atoms with Gasteiger partial charge in [0.1, 0.15) is 0 Å². The van der Waals surface area contributed by atoms with Crippen LogP contribution < -0.4 is 5.73 Å². The highest BCUT2D eigenvalue weighted by atomic mass is 35.5. The van der Waals surface area contributed by atoms with Crippen molar-refractivity contribution in [2.24, 2.45) is 11.1 Å². The molecule has 0 atom stereocenters. The van der Waals surface area contributed by atoms with Crippen LogP contribution in [-0.4, -0.2) is 0 Å². The van der Waals surface area contributed by atoms with Crippen LogP contribution in [0.2, 0.25) is 5.02 Å². The average molecular weight is 244 g/mol. The summed E-state index contributed by atoms with van der Waals surface area (Å²) in [6.45, 7) is 4.64. The maximum Gasteiger partial charge on any atom is 0.0564 e. The standard InChI is InChI=1S/C12H18ClNS/c1-11(2)4-6-12(14,7-5-11)10-9(13)3-8-15-10/h3,8H,4-7,14H2,1-2H3. The second kappa shape index (κ2) is 3.76. The van der Waals surface area contributed by atoms with Crippen LogP contribution in [0, 0.1) is 5.41 Å². The van der Waals surface area contributed by atoms with Crippen LogP contribution in [0.3, 0.4) is 0 Å². The molecule has 1 aromatic heterocycles. The van der Waals surface area contributed by atoms with E-state index < -0.39 is 0 Å². The monoisotopic (exact) mass is 243 g/mol. The summed E-state index contributed by atoms with van der Waals surface area (Å²) in [6.07, 6.45) is 4.50. The van der Waals surface area contributed by atoms with E-state index in [0.717, 1.165) is 17.9 Å². The van der Waals surface area contributed by atoms with Gasteiger partial charge in [-0.05, 0) is 42.5 Å². The van der Waals surface area contributed by atoms with Gasteiger partial charge >= 0.3 is 0 Å². The molecule has 1 nitrogen and oxygen atoms in total. The van der Waals surface area contributed by atoms with Crippen molar-refractivity contribution in [2.75, 3.05) is 0 Å². The van der Waals surface area contributed by atoms with E-state index in [4.69, 9.17) is 17.3 Å². The predicted molar refractivity (Wildman–Crippen MR) is 67.4 cm³/mol. The van der Waals surface area contributed by atoms with Crippen molar-refractivity contribution in [2.45, 2.75) is 45.1 Å². The third-order valence-electron chi connectivity index (χ3n) is 3.57. The lowest BCUT2D eigenvalue weighted by atomic mass is 9.69. The molecule has 15 heavy (non-hydrogen) atoms. The highest BCUT2D eigenvalue weighted by Crippen LogP contribution is 2.46. The van der Waals surface area contributed by atoms with E-state index in [1.165, 1.54) is 17.7 Å². The Bertz CT molecular complexity index is 346. The molecule has 3 heteroatoms. The van der Waals surface area contributed by atoms with Crippen molar-refractivity contribution in [3.8, 4) is 0 Å². The lowest BCUT2D eigenvalue weighted by Gasteiger charge is -2.40. The zero-order valence-electron chi connectivity index (χ0n) is 9.35. The summed E-state index contributed by atoms with van der Waals surface area (Å²) in [5.41, 5.74) is 6.76. The molecule has 1 aliphatic rings. The quantitative estimate of drug-likeness (QED) is 0.788. The Kier molecular flexibility index (Phi) is 2.87. The SMILES string of the molecule is CC1(C)CCC(N)(c2sccc2Cl)CC1. The normalized spacial score (nSPS) is 24.0. The van der Waals surface area contributed by atoms with Crippen LogP contribution >= 0.6 is 22.9 Å². The van der Waals surface area contributed by atoms with Gasteiger partial charge in [0.25, 0.3) is 0 Å². The summed E-state index contributed by atoms with van der Waals surface area (Å²) in [5.74, 6) is 0.